The van der Waals surface area contributed by atoms with Crippen LogP contribution in [0.1, 0.15) is 43.7 Å². The fraction of sp³-hybridized carbons (Fsp3) is 0.407. The van der Waals surface area contributed by atoms with Crippen LogP contribution in [0.5, 0.6) is 11.5 Å². The third-order valence-corrected chi connectivity index (χ3v) is 6.66. The number of rotatable bonds is 8. The quantitative estimate of drug-likeness (QED) is 0.316. The molecule has 0 spiro atoms. The number of nitrogens with zero attached hydrogens (tertiary/aromatic N) is 1. The minimum atomic E-state index is -0.884. The molecule has 3 N–H and O–H groups in total. The van der Waals surface area contributed by atoms with Gasteiger partial charge in [0.1, 0.15) is 29.3 Å². The van der Waals surface area contributed by atoms with Gasteiger partial charge in [-0.25, -0.2) is 0 Å². The largest absolute Gasteiger partial charge is 0.489 e. The number of carbonyl (C=O) groups is 1. The third kappa shape index (κ3) is 4.93. The van der Waals surface area contributed by atoms with Crippen molar-refractivity contribution in [3.63, 3.8) is 0 Å². The van der Waals surface area contributed by atoms with Crippen LogP contribution in [0.25, 0.3) is 0 Å². The predicted octanol–water partition coefficient (Wildman–Crippen LogP) is 3.22. The first-order valence-corrected chi connectivity index (χ1v) is 11.5. The second-order valence-electron chi connectivity index (χ2n) is 9.41. The summed E-state index contributed by atoms with van der Waals surface area (Å²) in [6.45, 7) is 3.65. The number of hydrogen-bond acceptors (Lipinski definition) is 6. The summed E-state index contributed by atoms with van der Waals surface area (Å²) in [7, 11) is 0. The molecule has 7 nitrogen and oxygen atoms in total. The molecule has 2 aromatic carbocycles. The molecule has 0 saturated heterocycles. The zero-order valence-corrected chi connectivity index (χ0v) is 19.3. The average Bonchev–Trinajstić information content (AvgIpc) is 3.31. The van der Waals surface area contributed by atoms with Gasteiger partial charge in [0.05, 0.1) is 6.10 Å². The first kappa shape index (κ1) is 23.8. The van der Waals surface area contributed by atoms with Crippen molar-refractivity contribution in [1.82, 2.24) is 5.32 Å². The van der Waals surface area contributed by atoms with Crippen molar-refractivity contribution in [1.29, 1.82) is 5.26 Å². The summed E-state index contributed by atoms with van der Waals surface area (Å²) in [5.41, 5.74) is 1.06. The van der Waals surface area contributed by atoms with E-state index in [-0.39, 0.29) is 30.3 Å². The Labute approximate surface area is 199 Å². The molecule has 4 rings (SSSR count). The fourth-order valence-electron chi connectivity index (χ4n) is 4.86. The summed E-state index contributed by atoms with van der Waals surface area (Å²) in [4.78, 5) is 11.7. The third-order valence-electron chi connectivity index (χ3n) is 6.66. The monoisotopic (exact) mass is 462 g/mol. The second-order valence-corrected chi connectivity index (χ2v) is 9.41. The molecule has 2 aromatic rings. The highest BCUT2D eigenvalue weighted by molar-refractivity contribution is 5.77. The number of fused-ring (bicyclic) bond motifs is 3. The number of ether oxygens (including phenoxy) is 2. The lowest BCUT2D eigenvalue weighted by atomic mass is 9.86. The van der Waals surface area contributed by atoms with Crippen LogP contribution >= 0.6 is 0 Å². The van der Waals surface area contributed by atoms with Crippen molar-refractivity contribution in [3.05, 3.63) is 71.8 Å². The van der Waals surface area contributed by atoms with Crippen LogP contribution in [-0.4, -0.2) is 40.0 Å². The Kier molecular flexibility index (Phi) is 6.92. The van der Waals surface area contributed by atoms with Crippen molar-refractivity contribution in [3.8, 4) is 17.7 Å². The second kappa shape index (κ2) is 9.88. The molecular formula is C27H30N2O5. The molecule has 1 fully saturated rings. The predicted molar refractivity (Wildman–Crippen MR) is 126 cm³/mol. The minimum absolute atomic E-state index is 0.0421. The molecule has 2 aliphatic rings. The molecule has 1 aliphatic carbocycles. The number of carbonyl (C=O) groups excluding carboxylic acids is 1. The molecule has 1 saturated carbocycles. The van der Waals surface area contributed by atoms with Crippen LogP contribution < -0.4 is 14.8 Å². The molecule has 5 atom stereocenters. The first-order chi connectivity index (χ1) is 16.3. The molecule has 0 bridgehead atoms. The Morgan fingerprint density at radius 3 is 2.79 bits per heavy atom. The molecular weight excluding hydrogens is 432 g/mol. The van der Waals surface area contributed by atoms with Crippen LogP contribution in [0.3, 0.4) is 0 Å². The van der Waals surface area contributed by atoms with E-state index in [2.05, 4.69) is 5.32 Å². The zero-order valence-electron chi connectivity index (χ0n) is 19.3. The van der Waals surface area contributed by atoms with Crippen molar-refractivity contribution >= 4 is 5.91 Å². The van der Waals surface area contributed by atoms with Gasteiger partial charge >= 0.3 is 0 Å². The smallest absolute Gasteiger partial charge is 0.233 e. The van der Waals surface area contributed by atoms with Crippen molar-refractivity contribution in [2.45, 2.75) is 62.9 Å². The van der Waals surface area contributed by atoms with Gasteiger partial charge in [0.25, 0.3) is 0 Å². The highest BCUT2D eigenvalue weighted by Gasteiger charge is 2.49. The number of aryl methyl sites for hydroxylation is 1. The van der Waals surface area contributed by atoms with Crippen LogP contribution in [0.2, 0.25) is 0 Å². The maximum atomic E-state index is 11.7. The summed E-state index contributed by atoms with van der Waals surface area (Å²) in [6.07, 6.45) is 4.73. The molecule has 0 unspecified atom stereocenters. The van der Waals surface area contributed by atoms with E-state index >= 15 is 0 Å². The van der Waals surface area contributed by atoms with Gasteiger partial charge in [-0.3, -0.25) is 10.1 Å². The first-order valence-electron chi connectivity index (χ1n) is 11.5. The molecule has 178 valence electrons. The number of benzene rings is 2. The number of para-hydroxylation sites is 2. The number of aliphatic hydroxyl groups is 2. The number of amides is 1. The van der Waals surface area contributed by atoms with Gasteiger partial charge in [-0.05, 0) is 38.0 Å². The van der Waals surface area contributed by atoms with Crippen molar-refractivity contribution in [2.24, 2.45) is 5.92 Å². The number of nitrogens with one attached hydrogen (secondary N) is 1. The van der Waals surface area contributed by atoms with Gasteiger partial charge < -0.3 is 19.7 Å². The maximum Gasteiger partial charge on any atom is 0.233 e. The molecule has 34 heavy (non-hydrogen) atoms. The van der Waals surface area contributed by atoms with Gasteiger partial charge in [0, 0.05) is 30.2 Å². The Hall–Kier alpha value is -3.34. The number of hydrogen-bond donors (Lipinski definition) is 3. The highest BCUT2D eigenvalue weighted by atomic mass is 16.5. The molecule has 0 aromatic heterocycles. The van der Waals surface area contributed by atoms with Crippen LogP contribution in [0.4, 0.5) is 0 Å². The van der Waals surface area contributed by atoms with E-state index in [0.29, 0.717) is 18.6 Å². The molecule has 0 radical (unpaired) electrons. The Morgan fingerprint density at radius 2 is 2.06 bits per heavy atom. The van der Waals surface area contributed by atoms with E-state index in [1.807, 2.05) is 68.5 Å². The van der Waals surface area contributed by atoms with Crippen molar-refractivity contribution in [2.75, 3.05) is 0 Å². The lowest BCUT2D eigenvalue weighted by Crippen LogP contribution is -2.41. The van der Waals surface area contributed by atoms with Crippen LogP contribution in [0, 0.1) is 17.4 Å². The Bertz CT molecular complexity index is 1090. The summed E-state index contributed by atoms with van der Waals surface area (Å²) in [5, 5.41) is 32.3. The van der Waals surface area contributed by atoms with E-state index in [1.54, 1.807) is 12.3 Å². The minimum Gasteiger partial charge on any atom is -0.489 e. The highest BCUT2D eigenvalue weighted by Crippen LogP contribution is 2.52. The lowest BCUT2D eigenvalue weighted by Gasteiger charge is -2.30. The lowest BCUT2D eigenvalue weighted by molar-refractivity contribution is -0.119. The summed E-state index contributed by atoms with van der Waals surface area (Å²) in [5.74, 6) is 0.852. The van der Waals surface area contributed by atoms with E-state index in [9.17, 15) is 15.0 Å². The van der Waals surface area contributed by atoms with Gasteiger partial charge in [0.15, 0.2) is 6.19 Å². The summed E-state index contributed by atoms with van der Waals surface area (Å²) < 4.78 is 12.2. The van der Waals surface area contributed by atoms with E-state index in [1.165, 1.54) is 0 Å². The number of nitriles is 1. The Morgan fingerprint density at radius 1 is 1.29 bits per heavy atom. The summed E-state index contributed by atoms with van der Waals surface area (Å²) in [6, 6.07) is 15.2. The van der Waals surface area contributed by atoms with Gasteiger partial charge in [-0.2, -0.15) is 5.26 Å². The average molecular weight is 463 g/mol. The van der Waals surface area contributed by atoms with Crippen molar-refractivity contribution < 1.29 is 24.5 Å². The SMILES string of the molecule is CC(C)(Oc1ccccc1)[C@H](O)/C=C/[C@@H]1[C@H]2c3cccc(CCC(=O)NC#N)c3O[C@H]2C[C@H]1O. The van der Waals surface area contributed by atoms with Crippen LogP contribution in [0.15, 0.2) is 60.7 Å². The molecule has 1 aliphatic heterocycles. The molecule has 1 amide bonds. The van der Waals surface area contributed by atoms with E-state index in [4.69, 9.17) is 14.7 Å². The van der Waals surface area contributed by atoms with Gasteiger partial charge in [-0.1, -0.05) is 48.6 Å². The normalized spacial score (nSPS) is 24.1. The van der Waals surface area contributed by atoms with Gasteiger partial charge in [-0.15, -0.1) is 0 Å². The fourth-order valence-corrected chi connectivity index (χ4v) is 4.86. The zero-order chi connectivity index (χ0) is 24.3. The standard InChI is InChI=1S/C27H30N2O5/c1-27(2,34-18-8-4-3-5-9-18)23(31)13-12-19-21(30)15-22-25(19)20-10-6-7-17(26(20)33-22)11-14-24(32)29-16-28/h3-10,12-13,19,21-23,25,30-31H,11,14-15H2,1-2H3,(H,29,32)/b13-12+/t19-,21+,22-,23+,25-/m0/s1. The van der Waals surface area contributed by atoms with Gasteiger partial charge in [0.2, 0.25) is 5.91 Å². The topological polar surface area (TPSA) is 112 Å². The molecule has 7 heteroatoms. The summed E-state index contributed by atoms with van der Waals surface area (Å²) >= 11 is 0. The number of aliphatic hydroxyl groups excluding tert-OH is 2. The van der Waals surface area contributed by atoms with E-state index in [0.717, 1.165) is 16.9 Å². The van der Waals surface area contributed by atoms with E-state index < -0.39 is 17.8 Å². The Balaban J connectivity index is 1.49. The maximum absolute atomic E-state index is 11.7. The molecule has 1 heterocycles. The van der Waals surface area contributed by atoms with Crippen LogP contribution in [-0.2, 0) is 11.2 Å².